The fraction of sp³-hybridized carbons (Fsp3) is 0.533. The van der Waals surface area contributed by atoms with Crippen molar-refractivity contribution in [3.63, 3.8) is 0 Å². The zero-order valence-electron chi connectivity index (χ0n) is 12.7. The Morgan fingerprint density at radius 2 is 2.00 bits per heavy atom. The van der Waals surface area contributed by atoms with Crippen LogP contribution in [-0.4, -0.2) is 39.8 Å². The molecule has 1 atom stereocenters. The van der Waals surface area contributed by atoms with E-state index in [0.29, 0.717) is 31.2 Å². The van der Waals surface area contributed by atoms with E-state index >= 15 is 0 Å². The first kappa shape index (κ1) is 15.5. The van der Waals surface area contributed by atoms with Gasteiger partial charge in [0.1, 0.15) is 5.84 Å². The molecule has 0 amide bonds. The van der Waals surface area contributed by atoms with Gasteiger partial charge < -0.3 is 9.47 Å². The zero-order chi connectivity index (χ0) is 15.8. The van der Waals surface area contributed by atoms with Gasteiger partial charge in [0.25, 0.3) is 10.0 Å². The van der Waals surface area contributed by atoms with E-state index in [-0.39, 0.29) is 10.8 Å². The van der Waals surface area contributed by atoms with E-state index in [9.17, 15) is 8.42 Å². The molecule has 1 unspecified atom stereocenters. The van der Waals surface area contributed by atoms with E-state index in [1.807, 2.05) is 13.0 Å². The second-order valence-corrected chi connectivity index (χ2v) is 7.58. The van der Waals surface area contributed by atoms with Crippen LogP contribution < -0.4 is 4.72 Å². The van der Waals surface area contributed by atoms with Gasteiger partial charge in [-0.3, -0.25) is 9.71 Å². The van der Waals surface area contributed by atoms with Crippen molar-refractivity contribution in [3.05, 3.63) is 29.8 Å². The van der Waals surface area contributed by atoms with Crippen molar-refractivity contribution in [2.24, 2.45) is 10.9 Å². The average molecular weight is 324 g/mol. The van der Waals surface area contributed by atoms with Crippen LogP contribution in [0.4, 0.5) is 0 Å². The van der Waals surface area contributed by atoms with Crippen LogP contribution in [0.2, 0.25) is 0 Å². The van der Waals surface area contributed by atoms with Gasteiger partial charge in [0.05, 0.1) is 18.1 Å². The molecule has 1 saturated heterocycles. The third-order valence-corrected chi connectivity index (χ3v) is 5.24. The summed E-state index contributed by atoms with van der Waals surface area (Å²) in [6, 6.07) is 6.87. The molecule has 0 spiro atoms. The molecule has 0 bridgehead atoms. The van der Waals surface area contributed by atoms with Crippen LogP contribution in [0.3, 0.4) is 0 Å². The predicted octanol–water partition coefficient (Wildman–Crippen LogP) is 1.51. The van der Waals surface area contributed by atoms with Crippen molar-refractivity contribution in [3.8, 4) is 0 Å². The van der Waals surface area contributed by atoms with Gasteiger partial charge in [-0.05, 0) is 25.0 Å². The number of nitrogens with one attached hydrogen (secondary N) is 1. The average Bonchev–Trinajstić information content (AvgIpc) is 2.99. The van der Waals surface area contributed by atoms with E-state index in [1.54, 1.807) is 18.2 Å². The van der Waals surface area contributed by atoms with Crippen LogP contribution in [0.15, 0.2) is 34.2 Å². The van der Waals surface area contributed by atoms with Gasteiger partial charge in [-0.1, -0.05) is 19.1 Å². The standard InChI is InChI=1S/C15H20N2O4S/c1-11(9-15(2)20-7-8-21-15)10-16-14-12-5-3-4-6-13(12)22(18,19)17-14/h3-6,11H,7-10H2,1-2H3,(H,16,17). The molecular weight excluding hydrogens is 304 g/mol. The highest BCUT2D eigenvalue weighted by molar-refractivity contribution is 7.90. The van der Waals surface area contributed by atoms with Crippen LogP contribution in [0.25, 0.3) is 0 Å². The first-order chi connectivity index (χ1) is 10.4. The van der Waals surface area contributed by atoms with Crippen molar-refractivity contribution in [1.29, 1.82) is 0 Å². The smallest absolute Gasteiger partial charge is 0.263 e. The van der Waals surface area contributed by atoms with Crippen LogP contribution >= 0.6 is 0 Å². The monoisotopic (exact) mass is 324 g/mol. The molecule has 3 rings (SSSR count). The maximum absolute atomic E-state index is 12.0. The Hall–Kier alpha value is -1.44. The van der Waals surface area contributed by atoms with Gasteiger partial charge in [-0.2, -0.15) is 0 Å². The highest BCUT2D eigenvalue weighted by atomic mass is 32.2. The van der Waals surface area contributed by atoms with E-state index in [1.165, 1.54) is 0 Å². The second kappa shape index (κ2) is 5.64. The first-order valence-corrected chi connectivity index (χ1v) is 8.82. The van der Waals surface area contributed by atoms with Crippen LogP contribution in [-0.2, 0) is 19.5 Å². The molecule has 1 fully saturated rings. The van der Waals surface area contributed by atoms with Crippen molar-refractivity contribution in [1.82, 2.24) is 4.72 Å². The minimum atomic E-state index is -3.47. The number of nitrogens with zero attached hydrogens (tertiary/aromatic N) is 1. The van der Waals surface area contributed by atoms with Gasteiger partial charge >= 0.3 is 0 Å². The fourth-order valence-electron chi connectivity index (χ4n) is 2.87. The Kier molecular flexibility index (Phi) is 3.96. The summed E-state index contributed by atoms with van der Waals surface area (Å²) in [5, 5.41) is 0. The number of ether oxygens (including phenoxy) is 2. The molecule has 22 heavy (non-hydrogen) atoms. The molecular formula is C15H20N2O4S. The fourth-order valence-corrected chi connectivity index (χ4v) is 4.12. The van der Waals surface area contributed by atoms with Crippen molar-refractivity contribution in [2.75, 3.05) is 19.8 Å². The quantitative estimate of drug-likeness (QED) is 0.911. The summed E-state index contributed by atoms with van der Waals surface area (Å²) in [5.74, 6) is 0.0842. The number of aliphatic imine (C=N–C) groups is 1. The lowest BCUT2D eigenvalue weighted by Gasteiger charge is -2.25. The number of sulfonamides is 1. The normalized spacial score (nSPS) is 24.9. The molecule has 0 aliphatic carbocycles. The van der Waals surface area contributed by atoms with Gasteiger partial charge in [-0.15, -0.1) is 0 Å². The SMILES string of the molecule is CC(CN=C1NS(=O)(=O)c2ccccc21)CC1(C)OCCO1. The number of fused-ring (bicyclic) bond motifs is 1. The summed E-state index contributed by atoms with van der Waals surface area (Å²) in [6.45, 7) is 5.72. The van der Waals surface area contributed by atoms with Gasteiger partial charge in [-0.25, -0.2) is 8.42 Å². The third kappa shape index (κ3) is 3.02. The molecule has 0 radical (unpaired) electrons. The zero-order valence-corrected chi connectivity index (χ0v) is 13.5. The van der Waals surface area contributed by atoms with E-state index in [2.05, 4.69) is 16.6 Å². The lowest BCUT2D eigenvalue weighted by molar-refractivity contribution is -0.153. The minimum absolute atomic E-state index is 0.216. The van der Waals surface area contributed by atoms with E-state index in [0.717, 1.165) is 6.42 Å². The molecule has 1 N–H and O–H groups in total. The first-order valence-electron chi connectivity index (χ1n) is 7.34. The number of hydrogen-bond donors (Lipinski definition) is 1. The van der Waals surface area contributed by atoms with E-state index < -0.39 is 15.8 Å². The minimum Gasteiger partial charge on any atom is -0.348 e. The molecule has 120 valence electrons. The third-order valence-electron chi connectivity index (χ3n) is 3.84. The Labute approximate surface area is 130 Å². The van der Waals surface area contributed by atoms with Gasteiger partial charge in [0, 0.05) is 18.5 Å². The molecule has 1 aromatic carbocycles. The molecule has 6 nitrogen and oxygen atoms in total. The second-order valence-electron chi connectivity index (χ2n) is 5.93. The lowest BCUT2D eigenvalue weighted by Crippen LogP contribution is -2.29. The van der Waals surface area contributed by atoms with Crippen molar-refractivity contribution >= 4 is 15.9 Å². The van der Waals surface area contributed by atoms with Gasteiger partial charge in [0.2, 0.25) is 0 Å². The van der Waals surface area contributed by atoms with Crippen molar-refractivity contribution in [2.45, 2.75) is 31.0 Å². The maximum atomic E-state index is 12.0. The lowest BCUT2D eigenvalue weighted by atomic mass is 10.0. The number of benzene rings is 1. The number of rotatable bonds is 4. The molecule has 0 aromatic heterocycles. The summed E-state index contributed by atoms with van der Waals surface area (Å²) < 4.78 is 37.7. The largest absolute Gasteiger partial charge is 0.348 e. The molecule has 2 aliphatic rings. The molecule has 2 aliphatic heterocycles. The summed E-state index contributed by atoms with van der Waals surface area (Å²) in [4.78, 5) is 4.74. The maximum Gasteiger partial charge on any atom is 0.263 e. The summed E-state index contributed by atoms with van der Waals surface area (Å²) in [5.41, 5.74) is 0.634. The number of amidine groups is 1. The topological polar surface area (TPSA) is 77.0 Å². The molecule has 0 saturated carbocycles. The summed E-state index contributed by atoms with van der Waals surface area (Å²) >= 11 is 0. The van der Waals surface area contributed by atoms with Gasteiger partial charge in [0.15, 0.2) is 5.79 Å². The molecule has 1 aromatic rings. The van der Waals surface area contributed by atoms with Crippen molar-refractivity contribution < 1.29 is 17.9 Å². The van der Waals surface area contributed by atoms with E-state index in [4.69, 9.17) is 9.47 Å². The highest BCUT2D eigenvalue weighted by Crippen LogP contribution is 2.27. The summed E-state index contributed by atoms with van der Waals surface area (Å²) in [7, 11) is -3.47. The van der Waals surface area contributed by atoms with Crippen LogP contribution in [0, 0.1) is 5.92 Å². The van der Waals surface area contributed by atoms with Crippen LogP contribution in [0.5, 0.6) is 0 Å². The highest BCUT2D eigenvalue weighted by Gasteiger charge is 2.33. The summed E-state index contributed by atoms with van der Waals surface area (Å²) in [6.07, 6.45) is 0.720. The predicted molar refractivity (Wildman–Crippen MR) is 82.3 cm³/mol. The molecule has 2 heterocycles. The number of hydrogen-bond acceptors (Lipinski definition) is 5. The molecule has 7 heteroatoms. The Morgan fingerprint density at radius 1 is 1.32 bits per heavy atom. The Bertz CT molecular complexity index is 693. The Morgan fingerprint density at radius 3 is 2.73 bits per heavy atom. The Balaban J connectivity index is 1.71. The van der Waals surface area contributed by atoms with Crippen LogP contribution in [0.1, 0.15) is 25.8 Å².